The number of benzene rings is 1. The summed E-state index contributed by atoms with van der Waals surface area (Å²) in [6.07, 6.45) is 0.0899. The summed E-state index contributed by atoms with van der Waals surface area (Å²) in [5.41, 5.74) is 4.20. The summed E-state index contributed by atoms with van der Waals surface area (Å²) in [5.74, 6) is -0.867. The molecular weight excluding hydrogens is 250 g/mol. The number of aliphatic carboxylic acids is 1. The molecule has 0 saturated carbocycles. The lowest BCUT2D eigenvalue weighted by molar-refractivity contribution is -0.149. The van der Waals surface area contributed by atoms with Crippen LogP contribution in [-0.4, -0.2) is 30.2 Å². The van der Waals surface area contributed by atoms with Gasteiger partial charge in [0, 0.05) is 0 Å². The van der Waals surface area contributed by atoms with Gasteiger partial charge in [-0.05, 0) is 37.1 Å². The molecule has 1 rings (SSSR count). The molecule has 1 aromatic carbocycles. The minimum Gasteiger partial charge on any atom is -0.493 e. The topological polar surface area (TPSA) is 84.9 Å². The van der Waals surface area contributed by atoms with E-state index in [4.69, 9.17) is 9.84 Å². The van der Waals surface area contributed by atoms with E-state index in [9.17, 15) is 9.59 Å². The van der Waals surface area contributed by atoms with Gasteiger partial charge in [-0.3, -0.25) is 9.63 Å². The van der Waals surface area contributed by atoms with Crippen molar-refractivity contribution in [3.05, 3.63) is 29.3 Å². The number of rotatable bonds is 7. The molecule has 104 valence electrons. The third-order valence-electron chi connectivity index (χ3n) is 2.17. The predicted molar refractivity (Wildman–Crippen MR) is 67.8 cm³/mol. The summed E-state index contributed by atoms with van der Waals surface area (Å²) in [7, 11) is 0. The molecule has 6 heteroatoms. The molecule has 6 nitrogen and oxygen atoms in total. The van der Waals surface area contributed by atoms with Crippen molar-refractivity contribution >= 4 is 11.9 Å². The molecule has 19 heavy (non-hydrogen) atoms. The van der Waals surface area contributed by atoms with Gasteiger partial charge in [-0.15, -0.1) is 0 Å². The van der Waals surface area contributed by atoms with Crippen LogP contribution >= 0.6 is 0 Å². The molecule has 0 aliphatic carbocycles. The van der Waals surface area contributed by atoms with Crippen LogP contribution in [0.5, 0.6) is 5.75 Å². The molecular formula is C13H17NO5. The first-order valence-electron chi connectivity index (χ1n) is 5.81. The molecule has 1 aromatic rings. The van der Waals surface area contributed by atoms with Gasteiger partial charge >= 0.3 is 5.97 Å². The molecule has 0 aromatic heterocycles. The SMILES string of the molecule is Cc1cc(C)cc(OCCC(=O)NOCC(=O)O)c1. The van der Waals surface area contributed by atoms with Gasteiger partial charge in [0.05, 0.1) is 13.0 Å². The van der Waals surface area contributed by atoms with Crippen LogP contribution in [0.2, 0.25) is 0 Å². The van der Waals surface area contributed by atoms with E-state index in [1.165, 1.54) is 0 Å². The maximum absolute atomic E-state index is 11.2. The summed E-state index contributed by atoms with van der Waals surface area (Å²) in [6, 6.07) is 5.79. The molecule has 0 fully saturated rings. The van der Waals surface area contributed by atoms with E-state index in [1.54, 1.807) is 0 Å². The first kappa shape index (κ1) is 15.0. The Morgan fingerprint density at radius 1 is 1.21 bits per heavy atom. The van der Waals surface area contributed by atoms with Crippen molar-refractivity contribution in [3.8, 4) is 5.75 Å². The van der Waals surface area contributed by atoms with Crippen molar-refractivity contribution in [1.82, 2.24) is 5.48 Å². The highest BCUT2D eigenvalue weighted by atomic mass is 16.7. The van der Waals surface area contributed by atoms with Gasteiger partial charge in [-0.1, -0.05) is 6.07 Å². The second-order valence-corrected chi connectivity index (χ2v) is 4.13. The normalized spacial score (nSPS) is 10.0. The van der Waals surface area contributed by atoms with Crippen molar-refractivity contribution in [2.45, 2.75) is 20.3 Å². The van der Waals surface area contributed by atoms with E-state index in [2.05, 4.69) is 4.84 Å². The number of aryl methyl sites for hydroxylation is 2. The molecule has 0 unspecified atom stereocenters. The summed E-state index contributed by atoms with van der Waals surface area (Å²) >= 11 is 0. The molecule has 0 bridgehead atoms. The van der Waals surface area contributed by atoms with Gasteiger partial charge in [0.15, 0.2) is 6.61 Å². The molecule has 0 radical (unpaired) electrons. The summed E-state index contributed by atoms with van der Waals surface area (Å²) in [6.45, 7) is 3.56. The monoisotopic (exact) mass is 267 g/mol. The lowest BCUT2D eigenvalue weighted by Crippen LogP contribution is -2.27. The number of hydrogen-bond donors (Lipinski definition) is 2. The quantitative estimate of drug-likeness (QED) is 0.725. The number of hydroxylamine groups is 1. The molecule has 0 spiro atoms. The minimum absolute atomic E-state index is 0.0899. The number of carbonyl (C=O) groups excluding carboxylic acids is 1. The number of ether oxygens (including phenoxy) is 1. The number of hydrogen-bond acceptors (Lipinski definition) is 4. The Morgan fingerprint density at radius 3 is 2.42 bits per heavy atom. The Morgan fingerprint density at radius 2 is 1.84 bits per heavy atom. The average Bonchev–Trinajstić information content (AvgIpc) is 2.27. The van der Waals surface area contributed by atoms with Gasteiger partial charge < -0.3 is 9.84 Å². The van der Waals surface area contributed by atoms with E-state index in [1.807, 2.05) is 37.5 Å². The van der Waals surface area contributed by atoms with Crippen molar-refractivity contribution in [1.29, 1.82) is 0 Å². The number of carbonyl (C=O) groups is 2. The van der Waals surface area contributed by atoms with E-state index in [0.717, 1.165) is 11.1 Å². The predicted octanol–water partition coefficient (Wildman–Crippen LogP) is 1.20. The number of carboxylic acids is 1. The molecule has 2 N–H and O–H groups in total. The number of nitrogens with one attached hydrogen (secondary N) is 1. The summed E-state index contributed by atoms with van der Waals surface area (Å²) in [5, 5.41) is 8.30. The fourth-order valence-corrected chi connectivity index (χ4v) is 1.51. The van der Waals surface area contributed by atoms with Gasteiger partial charge in [-0.2, -0.15) is 0 Å². The standard InChI is InChI=1S/C13H17NO5/c1-9-5-10(2)7-11(6-9)18-4-3-12(15)14-19-8-13(16)17/h5-7H,3-4,8H2,1-2H3,(H,14,15)(H,16,17). The third-order valence-corrected chi connectivity index (χ3v) is 2.17. The highest BCUT2D eigenvalue weighted by molar-refractivity contribution is 5.75. The molecule has 0 heterocycles. The van der Waals surface area contributed by atoms with Crippen LogP contribution < -0.4 is 10.2 Å². The zero-order chi connectivity index (χ0) is 14.3. The van der Waals surface area contributed by atoms with Gasteiger partial charge in [-0.25, -0.2) is 10.3 Å². The Hall–Kier alpha value is -2.08. The Balaban J connectivity index is 2.26. The number of amides is 1. The van der Waals surface area contributed by atoms with Crippen LogP contribution in [0, 0.1) is 13.8 Å². The summed E-state index contributed by atoms with van der Waals surface area (Å²) in [4.78, 5) is 25.8. The van der Waals surface area contributed by atoms with Crippen LogP contribution in [0.4, 0.5) is 0 Å². The number of carboxylic acid groups (broad SMARTS) is 1. The van der Waals surface area contributed by atoms with E-state index < -0.39 is 18.5 Å². The van der Waals surface area contributed by atoms with Gasteiger partial charge in [0.1, 0.15) is 5.75 Å². The van der Waals surface area contributed by atoms with Crippen LogP contribution in [-0.2, 0) is 14.4 Å². The van der Waals surface area contributed by atoms with Gasteiger partial charge in [0.25, 0.3) is 0 Å². The lowest BCUT2D eigenvalue weighted by atomic mass is 10.1. The highest BCUT2D eigenvalue weighted by Crippen LogP contribution is 2.16. The molecule has 1 amide bonds. The highest BCUT2D eigenvalue weighted by Gasteiger charge is 2.04. The van der Waals surface area contributed by atoms with Crippen LogP contribution in [0.1, 0.15) is 17.5 Å². The van der Waals surface area contributed by atoms with Crippen LogP contribution in [0.3, 0.4) is 0 Å². The largest absolute Gasteiger partial charge is 0.493 e. The first-order chi connectivity index (χ1) is 8.97. The van der Waals surface area contributed by atoms with E-state index >= 15 is 0 Å². The smallest absolute Gasteiger partial charge is 0.332 e. The van der Waals surface area contributed by atoms with E-state index in [0.29, 0.717) is 5.75 Å². The summed E-state index contributed by atoms with van der Waals surface area (Å²) < 4.78 is 5.43. The van der Waals surface area contributed by atoms with Crippen molar-refractivity contribution in [3.63, 3.8) is 0 Å². The van der Waals surface area contributed by atoms with Crippen LogP contribution in [0.15, 0.2) is 18.2 Å². The molecule has 0 aliphatic rings. The maximum Gasteiger partial charge on any atom is 0.332 e. The first-order valence-corrected chi connectivity index (χ1v) is 5.81. The van der Waals surface area contributed by atoms with Crippen molar-refractivity contribution in [2.24, 2.45) is 0 Å². The Bertz CT molecular complexity index is 438. The second-order valence-electron chi connectivity index (χ2n) is 4.13. The van der Waals surface area contributed by atoms with Crippen molar-refractivity contribution < 1.29 is 24.3 Å². The molecule has 0 aliphatic heterocycles. The Labute approximate surface area is 111 Å². The van der Waals surface area contributed by atoms with E-state index in [-0.39, 0.29) is 13.0 Å². The fourth-order valence-electron chi connectivity index (χ4n) is 1.51. The lowest BCUT2D eigenvalue weighted by Gasteiger charge is -2.08. The zero-order valence-electron chi connectivity index (χ0n) is 10.9. The second kappa shape index (κ2) is 7.38. The average molecular weight is 267 g/mol. The van der Waals surface area contributed by atoms with Crippen LogP contribution in [0.25, 0.3) is 0 Å². The zero-order valence-corrected chi connectivity index (χ0v) is 10.9. The third kappa shape index (κ3) is 6.42. The van der Waals surface area contributed by atoms with Gasteiger partial charge in [0.2, 0.25) is 5.91 Å². The van der Waals surface area contributed by atoms with Crippen molar-refractivity contribution in [2.75, 3.05) is 13.2 Å². The fraction of sp³-hybridized carbons (Fsp3) is 0.385. The molecule has 0 saturated heterocycles. The Kier molecular flexibility index (Phi) is 5.81. The minimum atomic E-state index is -1.15. The molecule has 0 atom stereocenters. The maximum atomic E-state index is 11.2.